The third-order valence-corrected chi connectivity index (χ3v) is 5.97. The summed E-state index contributed by atoms with van der Waals surface area (Å²) in [5, 5.41) is 4.15. The molecule has 3 aromatic rings. The average Bonchev–Trinajstić information content (AvgIpc) is 3.27. The van der Waals surface area contributed by atoms with E-state index in [1.54, 1.807) is 7.11 Å². The Morgan fingerprint density at radius 2 is 2.09 bits per heavy atom. The molecule has 1 saturated heterocycles. The summed E-state index contributed by atoms with van der Waals surface area (Å²) in [4.78, 5) is 22.8. The number of aromatic nitrogens is 2. The fraction of sp³-hybridized carbons (Fsp3) is 0.348. The molecule has 1 atom stereocenters. The first-order valence-corrected chi connectivity index (χ1v) is 11.2. The minimum absolute atomic E-state index is 0.187. The number of esters is 1. The zero-order chi connectivity index (χ0) is 22.5. The molecule has 0 bridgehead atoms. The van der Waals surface area contributed by atoms with Crippen LogP contribution in [-0.4, -0.2) is 60.8 Å². The van der Waals surface area contributed by atoms with Gasteiger partial charge in [-0.05, 0) is 43.7 Å². The molecule has 2 heterocycles. The normalized spacial score (nSPS) is 16.2. The number of halogens is 1. The predicted molar refractivity (Wildman–Crippen MR) is 126 cm³/mol. The maximum atomic E-state index is 11.9. The van der Waals surface area contributed by atoms with Crippen LogP contribution in [-0.2, 0) is 9.53 Å². The summed E-state index contributed by atoms with van der Waals surface area (Å²) < 4.78 is 17.5. The zero-order valence-electron chi connectivity index (χ0n) is 18.0. The van der Waals surface area contributed by atoms with E-state index in [1.165, 1.54) is 13.4 Å². The number of hydrogen-bond donors (Lipinski definition) is 1. The van der Waals surface area contributed by atoms with E-state index in [2.05, 4.69) is 36.1 Å². The van der Waals surface area contributed by atoms with Crippen LogP contribution >= 0.6 is 15.9 Å². The summed E-state index contributed by atoms with van der Waals surface area (Å²) in [5.74, 6) is 1.68. The topological polar surface area (TPSA) is 85.8 Å². The summed E-state index contributed by atoms with van der Waals surface area (Å²) >= 11 is 3.48. The summed E-state index contributed by atoms with van der Waals surface area (Å²) in [6, 6.07) is 11.4. The molecule has 0 spiro atoms. The standard InChI is InChI=1S/C23H25BrN4O4/c1-30-20-12-17-18(25-14-26-22(17)27-16-6-3-5-15(24)11-16)13-21(20)32-10-9-28-8-4-7-19(28)23(29)31-2/h3,5-6,11-14,19H,4,7-10H2,1-2H3,(H,25,26,27). The van der Waals surface area contributed by atoms with Crippen LogP contribution < -0.4 is 14.8 Å². The number of hydrogen-bond acceptors (Lipinski definition) is 8. The average molecular weight is 501 g/mol. The van der Waals surface area contributed by atoms with Crippen molar-refractivity contribution in [3.8, 4) is 11.5 Å². The number of likely N-dealkylation sites (tertiary alicyclic amines) is 1. The summed E-state index contributed by atoms with van der Waals surface area (Å²) in [6.45, 7) is 1.90. The molecule has 8 nitrogen and oxygen atoms in total. The van der Waals surface area contributed by atoms with Gasteiger partial charge in [-0.2, -0.15) is 0 Å². The molecule has 1 fully saturated rings. The lowest BCUT2D eigenvalue weighted by Gasteiger charge is -2.22. The number of carbonyl (C=O) groups excluding carboxylic acids is 1. The van der Waals surface area contributed by atoms with Gasteiger partial charge < -0.3 is 19.5 Å². The second-order valence-corrected chi connectivity index (χ2v) is 8.36. The number of benzene rings is 2. The van der Waals surface area contributed by atoms with E-state index in [0.717, 1.165) is 40.4 Å². The van der Waals surface area contributed by atoms with E-state index >= 15 is 0 Å². The van der Waals surface area contributed by atoms with Gasteiger partial charge in [0.2, 0.25) is 0 Å². The summed E-state index contributed by atoms with van der Waals surface area (Å²) in [7, 11) is 3.03. The van der Waals surface area contributed by atoms with E-state index < -0.39 is 0 Å². The first kappa shape index (κ1) is 22.3. The Labute approximate surface area is 195 Å². The molecule has 0 amide bonds. The minimum atomic E-state index is -0.193. The first-order valence-electron chi connectivity index (χ1n) is 10.4. The van der Waals surface area contributed by atoms with E-state index in [9.17, 15) is 4.79 Å². The highest BCUT2D eigenvalue weighted by atomic mass is 79.9. The van der Waals surface area contributed by atoms with Crippen molar-refractivity contribution in [1.82, 2.24) is 14.9 Å². The maximum absolute atomic E-state index is 11.9. The van der Waals surface area contributed by atoms with Gasteiger partial charge >= 0.3 is 5.97 Å². The smallest absolute Gasteiger partial charge is 0.323 e. The maximum Gasteiger partial charge on any atom is 0.323 e. The molecular weight excluding hydrogens is 476 g/mol. The number of nitrogens with one attached hydrogen (secondary N) is 1. The Hall–Kier alpha value is -2.91. The monoisotopic (exact) mass is 500 g/mol. The first-order chi connectivity index (χ1) is 15.6. The number of rotatable bonds is 8. The van der Waals surface area contributed by atoms with Crippen molar-refractivity contribution < 1.29 is 19.0 Å². The van der Waals surface area contributed by atoms with Crippen LogP contribution in [0.2, 0.25) is 0 Å². The highest BCUT2D eigenvalue weighted by Crippen LogP contribution is 2.35. The molecule has 0 aliphatic carbocycles. The van der Waals surface area contributed by atoms with Crippen LogP contribution in [0.1, 0.15) is 12.8 Å². The molecule has 168 valence electrons. The van der Waals surface area contributed by atoms with Crippen molar-refractivity contribution in [3.63, 3.8) is 0 Å². The molecule has 4 rings (SSSR count). The summed E-state index contributed by atoms with van der Waals surface area (Å²) in [5.41, 5.74) is 1.64. The molecule has 0 radical (unpaired) electrons. The Morgan fingerprint density at radius 3 is 2.88 bits per heavy atom. The van der Waals surface area contributed by atoms with Gasteiger partial charge in [-0.25, -0.2) is 9.97 Å². The van der Waals surface area contributed by atoms with Crippen molar-refractivity contribution in [2.75, 3.05) is 39.2 Å². The molecule has 1 aromatic heterocycles. The number of nitrogens with zero attached hydrogens (tertiary/aromatic N) is 3. The van der Waals surface area contributed by atoms with E-state index in [1.807, 2.05) is 36.4 Å². The lowest BCUT2D eigenvalue weighted by atomic mass is 10.2. The number of methoxy groups -OCH3 is 2. The largest absolute Gasteiger partial charge is 0.493 e. The van der Waals surface area contributed by atoms with Gasteiger partial charge in [0, 0.05) is 28.2 Å². The van der Waals surface area contributed by atoms with Crippen LogP contribution in [0.5, 0.6) is 11.5 Å². The Balaban J connectivity index is 1.51. The SMILES string of the molecule is COC(=O)C1CCCN1CCOc1cc2ncnc(Nc3cccc(Br)c3)c2cc1OC. The van der Waals surface area contributed by atoms with Crippen LogP contribution in [0.4, 0.5) is 11.5 Å². The van der Waals surface area contributed by atoms with Gasteiger partial charge in [-0.3, -0.25) is 9.69 Å². The fourth-order valence-electron chi connectivity index (χ4n) is 3.91. The fourth-order valence-corrected chi connectivity index (χ4v) is 4.31. The van der Waals surface area contributed by atoms with Crippen LogP contribution in [0.25, 0.3) is 10.9 Å². The van der Waals surface area contributed by atoms with E-state index in [0.29, 0.717) is 30.5 Å². The molecule has 2 aromatic carbocycles. The van der Waals surface area contributed by atoms with E-state index in [4.69, 9.17) is 14.2 Å². The molecule has 1 unspecified atom stereocenters. The Kier molecular flexibility index (Phi) is 7.06. The quantitative estimate of drug-likeness (QED) is 0.461. The van der Waals surface area contributed by atoms with Gasteiger partial charge in [-0.15, -0.1) is 0 Å². The van der Waals surface area contributed by atoms with Gasteiger partial charge in [0.25, 0.3) is 0 Å². The number of ether oxygens (including phenoxy) is 3. The number of fused-ring (bicyclic) bond motifs is 1. The molecule has 1 N–H and O–H groups in total. The van der Waals surface area contributed by atoms with Gasteiger partial charge in [-0.1, -0.05) is 22.0 Å². The Bertz CT molecular complexity index is 1110. The van der Waals surface area contributed by atoms with Crippen molar-refractivity contribution in [2.24, 2.45) is 0 Å². The van der Waals surface area contributed by atoms with Crippen LogP contribution in [0.15, 0.2) is 47.2 Å². The number of anilines is 2. The molecule has 32 heavy (non-hydrogen) atoms. The second-order valence-electron chi connectivity index (χ2n) is 7.44. The molecule has 1 aliphatic heterocycles. The predicted octanol–water partition coefficient (Wildman–Crippen LogP) is 4.16. The highest BCUT2D eigenvalue weighted by molar-refractivity contribution is 9.10. The third-order valence-electron chi connectivity index (χ3n) is 5.48. The lowest BCUT2D eigenvalue weighted by Crippen LogP contribution is -2.39. The van der Waals surface area contributed by atoms with Gasteiger partial charge in [0.15, 0.2) is 11.5 Å². The third kappa shape index (κ3) is 4.94. The van der Waals surface area contributed by atoms with E-state index in [-0.39, 0.29) is 12.0 Å². The van der Waals surface area contributed by atoms with Gasteiger partial charge in [0.05, 0.1) is 19.7 Å². The molecular formula is C23H25BrN4O4. The number of carbonyl (C=O) groups is 1. The zero-order valence-corrected chi connectivity index (χ0v) is 19.6. The molecule has 9 heteroatoms. The molecule has 0 saturated carbocycles. The Morgan fingerprint density at radius 1 is 1.22 bits per heavy atom. The van der Waals surface area contributed by atoms with Crippen LogP contribution in [0, 0.1) is 0 Å². The van der Waals surface area contributed by atoms with Crippen LogP contribution in [0.3, 0.4) is 0 Å². The summed E-state index contributed by atoms with van der Waals surface area (Å²) in [6.07, 6.45) is 3.31. The van der Waals surface area contributed by atoms with Crippen molar-refractivity contribution in [1.29, 1.82) is 0 Å². The lowest BCUT2D eigenvalue weighted by molar-refractivity contribution is -0.145. The second kappa shape index (κ2) is 10.1. The van der Waals surface area contributed by atoms with Crippen molar-refractivity contribution in [2.45, 2.75) is 18.9 Å². The molecule has 1 aliphatic rings. The van der Waals surface area contributed by atoms with Gasteiger partial charge in [0.1, 0.15) is 24.8 Å². The van der Waals surface area contributed by atoms with Crippen molar-refractivity contribution in [3.05, 3.63) is 47.2 Å². The highest BCUT2D eigenvalue weighted by Gasteiger charge is 2.31. The minimum Gasteiger partial charge on any atom is -0.493 e. The van der Waals surface area contributed by atoms with Crippen molar-refractivity contribution >= 4 is 44.3 Å².